The number of hydrogen-bond donors (Lipinski definition) is 2. The van der Waals surface area contributed by atoms with Crippen molar-refractivity contribution in [1.82, 2.24) is 14.8 Å². The Hall–Kier alpha value is -1.47. The normalized spacial score (nSPS) is 10.9. The van der Waals surface area contributed by atoms with Crippen LogP contribution in [-0.2, 0) is 6.54 Å². The number of hydrogen-bond acceptors (Lipinski definition) is 4. The minimum atomic E-state index is -0.573. The second-order valence-corrected chi connectivity index (χ2v) is 5.29. The number of nitrogens with two attached hydrogens (primary N) is 1. The highest BCUT2D eigenvalue weighted by Gasteiger charge is 2.13. The lowest BCUT2D eigenvalue weighted by atomic mass is 10.3. The van der Waals surface area contributed by atoms with E-state index in [0.717, 1.165) is 12.5 Å². The van der Waals surface area contributed by atoms with E-state index in [1.807, 2.05) is 6.92 Å². The van der Waals surface area contributed by atoms with Gasteiger partial charge < -0.3 is 5.73 Å². The van der Waals surface area contributed by atoms with Crippen LogP contribution in [0.5, 0.6) is 0 Å². The van der Waals surface area contributed by atoms with Gasteiger partial charge in [-0.2, -0.15) is 0 Å². The predicted octanol–water partition coefficient (Wildman–Crippen LogP) is 2.51. The molecule has 0 aliphatic rings. The lowest BCUT2D eigenvalue weighted by molar-refractivity contribution is 0.603. The third-order valence-electron chi connectivity index (χ3n) is 2.42. The van der Waals surface area contributed by atoms with Crippen LogP contribution in [0.15, 0.2) is 27.0 Å². The third-order valence-corrected chi connectivity index (χ3v) is 3.78. The van der Waals surface area contributed by atoms with Crippen molar-refractivity contribution < 1.29 is 4.39 Å². The number of aromatic nitrogens is 3. The van der Waals surface area contributed by atoms with Crippen LogP contribution in [0.2, 0.25) is 5.02 Å². The van der Waals surface area contributed by atoms with Crippen molar-refractivity contribution in [3.8, 4) is 0 Å². The van der Waals surface area contributed by atoms with Gasteiger partial charge in [0.25, 0.3) is 0 Å². The van der Waals surface area contributed by atoms with E-state index in [1.165, 1.54) is 22.4 Å². The van der Waals surface area contributed by atoms with E-state index in [4.69, 9.17) is 17.3 Å². The van der Waals surface area contributed by atoms with E-state index in [-0.39, 0.29) is 16.4 Å². The Morgan fingerprint density at radius 3 is 3.00 bits per heavy atom. The fourth-order valence-corrected chi connectivity index (χ4v) is 2.69. The molecule has 8 heteroatoms. The first-order chi connectivity index (χ1) is 9.02. The first-order valence-electron chi connectivity index (χ1n) is 5.60. The van der Waals surface area contributed by atoms with Gasteiger partial charge in [0.1, 0.15) is 5.82 Å². The maximum Gasteiger partial charge on any atom is 0.343 e. The molecule has 2 rings (SSSR count). The second kappa shape index (κ2) is 5.66. The van der Waals surface area contributed by atoms with E-state index in [0.29, 0.717) is 16.6 Å². The van der Waals surface area contributed by atoms with E-state index >= 15 is 0 Å². The van der Waals surface area contributed by atoms with Crippen molar-refractivity contribution in [3.05, 3.63) is 33.5 Å². The van der Waals surface area contributed by atoms with Crippen molar-refractivity contribution in [2.24, 2.45) is 0 Å². The topological polar surface area (TPSA) is 76.7 Å². The zero-order chi connectivity index (χ0) is 14.0. The molecule has 1 aromatic heterocycles. The molecule has 0 spiro atoms. The van der Waals surface area contributed by atoms with Crippen LogP contribution in [0.3, 0.4) is 0 Å². The number of halogens is 2. The standard InChI is InChI=1S/C11H12ClFN4OS/c1-2-3-17-10(18)15-16-11(17)19-9-4-6(12)7(13)5-8(9)14/h4-5H,2-3,14H2,1H3,(H,15,18). The Morgan fingerprint density at radius 2 is 2.32 bits per heavy atom. The van der Waals surface area contributed by atoms with Crippen molar-refractivity contribution >= 4 is 29.1 Å². The third kappa shape index (κ3) is 2.93. The number of nitrogens with zero attached hydrogens (tertiary/aromatic N) is 2. The molecule has 3 N–H and O–H groups in total. The number of nitrogens with one attached hydrogen (secondary N) is 1. The summed E-state index contributed by atoms with van der Waals surface area (Å²) in [6.45, 7) is 2.50. The predicted molar refractivity (Wildman–Crippen MR) is 73.1 cm³/mol. The molecular formula is C11H12ClFN4OS. The number of H-pyrrole nitrogens is 1. The molecule has 0 unspecified atom stereocenters. The SMILES string of the molecule is CCCn1c(Sc2cc(Cl)c(F)cc2N)n[nH]c1=O. The summed E-state index contributed by atoms with van der Waals surface area (Å²) >= 11 is 6.89. The van der Waals surface area contributed by atoms with Gasteiger partial charge in [-0.3, -0.25) is 4.57 Å². The molecule has 0 radical (unpaired) electrons. The van der Waals surface area contributed by atoms with Crippen LogP contribution in [-0.4, -0.2) is 14.8 Å². The molecule has 0 aliphatic heterocycles. The van der Waals surface area contributed by atoms with Gasteiger partial charge in [-0.1, -0.05) is 18.5 Å². The van der Waals surface area contributed by atoms with Crippen molar-refractivity contribution in [1.29, 1.82) is 0 Å². The molecule has 102 valence electrons. The molecule has 0 amide bonds. The quantitative estimate of drug-likeness (QED) is 0.851. The van der Waals surface area contributed by atoms with E-state index in [9.17, 15) is 9.18 Å². The molecule has 0 saturated carbocycles. The summed E-state index contributed by atoms with van der Waals surface area (Å²) in [6, 6.07) is 2.58. The fraction of sp³-hybridized carbons (Fsp3) is 0.273. The molecule has 0 bridgehead atoms. The second-order valence-electron chi connectivity index (χ2n) is 3.87. The molecule has 0 saturated heterocycles. The molecular weight excluding hydrogens is 291 g/mol. The number of anilines is 1. The van der Waals surface area contributed by atoms with Crippen LogP contribution >= 0.6 is 23.4 Å². The molecule has 1 heterocycles. The molecule has 0 aliphatic carbocycles. The van der Waals surface area contributed by atoms with Crippen LogP contribution in [0.25, 0.3) is 0 Å². The van der Waals surface area contributed by atoms with Crippen LogP contribution in [0.4, 0.5) is 10.1 Å². The lowest BCUT2D eigenvalue weighted by Crippen LogP contribution is -2.17. The van der Waals surface area contributed by atoms with E-state index in [1.54, 1.807) is 0 Å². The van der Waals surface area contributed by atoms with Gasteiger partial charge in [0.05, 0.1) is 5.02 Å². The molecule has 0 atom stereocenters. The maximum absolute atomic E-state index is 13.2. The van der Waals surface area contributed by atoms with E-state index < -0.39 is 5.82 Å². The number of benzene rings is 1. The van der Waals surface area contributed by atoms with Crippen LogP contribution < -0.4 is 11.4 Å². The number of aromatic amines is 1. The van der Waals surface area contributed by atoms with Gasteiger partial charge in [-0.15, -0.1) is 5.10 Å². The van der Waals surface area contributed by atoms with Crippen molar-refractivity contribution in [2.75, 3.05) is 5.73 Å². The van der Waals surface area contributed by atoms with E-state index in [2.05, 4.69) is 10.2 Å². The summed E-state index contributed by atoms with van der Waals surface area (Å²) in [6.07, 6.45) is 0.798. The summed E-state index contributed by atoms with van der Waals surface area (Å²) in [5.41, 5.74) is 5.70. The van der Waals surface area contributed by atoms with Crippen LogP contribution in [0.1, 0.15) is 13.3 Å². The Morgan fingerprint density at radius 1 is 1.58 bits per heavy atom. The Balaban J connectivity index is 2.36. The molecule has 5 nitrogen and oxygen atoms in total. The highest BCUT2D eigenvalue weighted by atomic mass is 35.5. The summed E-state index contributed by atoms with van der Waals surface area (Å²) in [5, 5.41) is 6.75. The lowest BCUT2D eigenvalue weighted by Gasteiger charge is -2.07. The van der Waals surface area contributed by atoms with Gasteiger partial charge in [-0.25, -0.2) is 14.3 Å². The monoisotopic (exact) mass is 302 g/mol. The smallest absolute Gasteiger partial charge is 0.343 e. The summed E-state index contributed by atoms with van der Waals surface area (Å²) in [7, 11) is 0. The Bertz CT molecular complexity index is 655. The highest BCUT2D eigenvalue weighted by Crippen LogP contribution is 2.33. The van der Waals surface area contributed by atoms with Gasteiger partial charge >= 0.3 is 5.69 Å². The van der Waals surface area contributed by atoms with Gasteiger partial charge in [0, 0.05) is 17.1 Å². The highest BCUT2D eigenvalue weighted by molar-refractivity contribution is 7.99. The first-order valence-corrected chi connectivity index (χ1v) is 6.80. The van der Waals surface area contributed by atoms with Crippen LogP contribution in [0, 0.1) is 5.82 Å². The Labute approximate surface area is 118 Å². The first kappa shape index (κ1) is 14.0. The number of nitrogen functional groups attached to an aromatic ring is 1. The van der Waals surface area contributed by atoms with Gasteiger partial charge in [0.15, 0.2) is 5.16 Å². The average Bonchev–Trinajstić information content (AvgIpc) is 2.69. The van der Waals surface area contributed by atoms with Crippen molar-refractivity contribution in [3.63, 3.8) is 0 Å². The zero-order valence-corrected chi connectivity index (χ0v) is 11.7. The van der Waals surface area contributed by atoms with Gasteiger partial charge in [-0.05, 0) is 30.3 Å². The average molecular weight is 303 g/mol. The minimum Gasteiger partial charge on any atom is -0.398 e. The van der Waals surface area contributed by atoms with Crippen molar-refractivity contribution in [2.45, 2.75) is 29.9 Å². The molecule has 1 aromatic carbocycles. The number of rotatable bonds is 4. The maximum atomic E-state index is 13.2. The minimum absolute atomic E-state index is 0.0170. The molecule has 0 fully saturated rings. The fourth-order valence-electron chi connectivity index (χ4n) is 1.53. The molecule has 19 heavy (non-hydrogen) atoms. The van der Waals surface area contributed by atoms with Gasteiger partial charge in [0.2, 0.25) is 0 Å². The largest absolute Gasteiger partial charge is 0.398 e. The Kier molecular flexibility index (Phi) is 4.16. The summed E-state index contributed by atoms with van der Waals surface area (Å²) in [4.78, 5) is 12.1. The summed E-state index contributed by atoms with van der Waals surface area (Å²) < 4.78 is 14.7. The summed E-state index contributed by atoms with van der Waals surface area (Å²) in [5.74, 6) is -0.573. The molecule has 2 aromatic rings. The zero-order valence-electron chi connectivity index (χ0n) is 10.1.